The lowest BCUT2D eigenvalue weighted by Crippen LogP contribution is -2.26. The van der Waals surface area contributed by atoms with E-state index in [9.17, 15) is 4.79 Å². The minimum atomic E-state index is -0.268. The van der Waals surface area contributed by atoms with Crippen molar-refractivity contribution in [2.45, 2.75) is 31.8 Å². The summed E-state index contributed by atoms with van der Waals surface area (Å²) in [6, 6.07) is 7.55. The fraction of sp³-hybridized carbons (Fsp3) is 0.412. The molecule has 1 unspecified atom stereocenters. The molecule has 1 fully saturated rings. The molecule has 0 aliphatic carbocycles. The van der Waals surface area contributed by atoms with E-state index in [1.165, 1.54) is 11.3 Å². The van der Waals surface area contributed by atoms with E-state index < -0.39 is 0 Å². The van der Waals surface area contributed by atoms with Gasteiger partial charge in [-0.1, -0.05) is 29.8 Å². The average Bonchev–Trinajstić information content (AvgIpc) is 3.02. The van der Waals surface area contributed by atoms with Crippen LogP contribution in [0.1, 0.15) is 25.0 Å². The summed E-state index contributed by atoms with van der Waals surface area (Å²) in [5, 5.41) is 3.34. The number of ether oxygens (including phenoxy) is 2. The van der Waals surface area contributed by atoms with E-state index in [4.69, 9.17) is 21.1 Å². The van der Waals surface area contributed by atoms with Crippen molar-refractivity contribution < 1.29 is 14.3 Å². The van der Waals surface area contributed by atoms with Crippen molar-refractivity contribution in [3.05, 3.63) is 40.4 Å². The molecule has 1 saturated heterocycles. The quantitative estimate of drug-likeness (QED) is 0.760. The highest BCUT2D eigenvalue weighted by Gasteiger charge is 2.17. The standard InChI is InChI=1S/C17H18ClNO3S/c18-15-7-2-1-6-14(15)17-19-12(11-23-17)9-16(20)22-10-13-5-3-4-8-21-13/h1-2,6-7,11,13H,3-5,8-10H2. The number of benzene rings is 1. The highest BCUT2D eigenvalue weighted by molar-refractivity contribution is 7.13. The number of halogens is 1. The number of rotatable bonds is 5. The zero-order valence-corrected chi connectivity index (χ0v) is 14.2. The van der Waals surface area contributed by atoms with Crippen LogP contribution in [-0.4, -0.2) is 30.3 Å². The van der Waals surface area contributed by atoms with Crippen molar-refractivity contribution in [2.75, 3.05) is 13.2 Å². The molecule has 0 amide bonds. The van der Waals surface area contributed by atoms with Crippen LogP contribution in [0.15, 0.2) is 29.6 Å². The fourth-order valence-corrected chi connectivity index (χ4v) is 3.61. The third-order valence-corrected chi connectivity index (χ3v) is 4.94. The van der Waals surface area contributed by atoms with Gasteiger partial charge in [0.15, 0.2) is 0 Å². The van der Waals surface area contributed by atoms with Gasteiger partial charge in [0, 0.05) is 17.6 Å². The molecule has 1 aromatic carbocycles. The Labute approximate surface area is 144 Å². The maximum atomic E-state index is 11.9. The Bertz CT molecular complexity index is 667. The molecule has 2 heterocycles. The van der Waals surface area contributed by atoms with Crippen LogP contribution < -0.4 is 0 Å². The molecule has 0 bridgehead atoms. The lowest BCUT2D eigenvalue weighted by molar-refractivity contribution is -0.148. The molecule has 1 aliphatic rings. The van der Waals surface area contributed by atoms with E-state index >= 15 is 0 Å². The molecule has 3 rings (SSSR count). The van der Waals surface area contributed by atoms with E-state index in [2.05, 4.69) is 4.98 Å². The first kappa shape index (κ1) is 16.4. The van der Waals surface area contributed by atoms with Gasteiger partial charge in [0.25, 0.3) is 0 Å². The largest absolute Gasteiger partial charge is 0.463 e. The monoisotopic (exact) mass is 351 g/mol. The summed E-state index contributed by atoms with van der Waals surface area (Å²) < 4.78 is 10.8. The predicted molar refractivity (Wildman–Crippen MR) is 90.8 cm³/mol. The van der Waals surface area contributed by atoms with Gasteiger partial charge in [0.2, 0.25) is 0 Å². The van der Waals surface area contributed by atoms with Crippen molar-refractivity contribution in [3.63, 3.8) is 0 Å². The molecule has 1 atom stereocenters. The van der Waals surface area contributed by atoms with Gasteiger partial charge in [-0.2, -0.15) is 0 Å². The normalized spacial score (nSPS) is 17.9. The van der Waals surface area contributed by atoms with Crippen LogP contribution in [0.3, 0.4) is 0 Å². The summed E-state index contributed by atoms with van der Waals surface area (Å²) in [6.07, 6.45) is 3.40. The molecule has 6 heteroatoms. The van der Waals surface area contributed by atoms with Crippen molar-refractivity contribution in [3.8, 4) is 10.6 Å². The number of hydrogen-bond acceptors (Lipinski definition) is 5. The van der Waals surface area contributed by atoms with E-state index in [1.807, 2.05) is 29.6 Å². The molecule has 23 heavy (non-hydrogen) atoms. The van der Waals surface area contributed by atoms with Gasteiger partial charge < -0.3 is 9.47 Å². The van der Waals surface area contributed by atoms with E-state index in [0.717, 1.165) is 36.4 Å². The highest BCUT2D eigenvalue weighted by Crippen LogP contribution is 2.30. The second-order valence-electron chi connectivity index (χ2n) is 5.47. The first-order valence-corrected chi connectivity index (χ1v) is 8.94. The molecule has 0 N–H and O–H groups in total. The van der Waals surface area contributed by atoms with Crippen LogP contribution >= 0.6 is 22.9 Å². The van der Waals surface area contributed by atoms with E-state index in [1.54, 1.807) is 0 Å². The lowest BCUT2D eigenvalue weighted by Gasteiger charge is -2.21. The Balaban J connectivity index is 1.54. The molecule has 1 aromatic heterocycles. The molecule has 0 saturated carbocycles. The smallest absolute Gasteiger partial charge is 0.311 e. The predicted octanol–water partition coefficient (Wildman–Crippen LogP) is 4.12. The summed E-state index contributed by atoms with van der Waals surface area (Å²) >= 11 is 7.65. The summed E-state index contributed by atoms with van der Waals surface area (Å²) in [4.78, 5) is 16.4. The maximum Gasteiger partial charge on any atom is 0.311 e. The summed E-state index contributed by atoms with van der Waals surface area (Å²) in [7, 11) is 0. The lowest BCUT2D eigenvalue weighted by atomic mass is 10.1. The SMILES string of the molecule is O=C(Cc1csc(-c2ccccc2Cl)n1)OCC1CCCCO1. The van der Waals surface area contributed by atoms with Crippen LogP contribution in [0, 0.1) is 0 Å². The van der Waals surface area contributed by atoms with Crippen molar-refractivity contribution >= 4 is 28.9 Å². The minimum Gasteiger partial charge on any atom is -0.463 e. The van der Waals surface area contributed by atoms with Crippen molar-refractivity contribution in [1.29, 1.82) is 0 Å². The number of carbonyl (C=O) groups excluding carboxylic acids is 1. The average molecular weight is 352 g/mol. The Morgan fingerprint density at radius 1 is 1.39 bits per heavy atom. The topological polar surface area (TPSA) is 48.4 Å². The van der Waals surface area contributed by atoms with Crippen LogP contribution in [0.5, 0.6) is 0 Å². The Morgan fingerprint density at radius 2 is 2.26 bits per heavy atom. The van der Waals surface area contributed by atoms with Crippen LogP contribution in [0.2, 0.25) is 5.02 Å². The van der Waals surface area contributed by atoms with Crippen LogP contribution in [-0.2, 0) is 20.7 Å². The molecule has 0 spiro atoms. The molecule has 1 aliphatic heterocycles. The highest BCUT2D eigenvalue weighted by atomic mass is 35.5. The third kappa shape index (κ3) is 4.53. The van der Waals surface area contributed by atoms with Crippen molar-refractivity contribution in [2.24, 2.45) is 0 Å². The summed E-state index contributed by atoms with van der Waals surface area (Å²) in [5.74, 6) is -0.268. The van der Waals surface area contributed by atoms with E-state index in [-0.39, 0.29) is 18.5 Å². The molecule has 0 radical (unpaired) electrons. The number of nitrogens with zero attached hydrogens (tertiary/aromatic N) is 1. The second kappa shape index (κ2) is 7.90. The van der Waals surface area contributed by atoms with Gasteiger partial charge >= 0.3 is 5.97 Å². The molecular formula is C17H18ClNO3S. The molecule has 4 nitrogen and oxygen atoms in total. The maximum absolute atomic E-state index is 11.9. The van der Waals surface area contributed by atoms with Crippen molar-refractivity contribution in [1.82, 2.24) is 4.98 Å². The fourth-order valence-electron chi connectivity index (χ4n) is 2.47. The van der Waals surface area contributed by atoms with Crippen LogP contribution in [0.4, 0.5) is 0 Å². The number of aromatic nitrogens is 1. The van der Waals surface area contributed by atoms with Crippen LogP contribution in [0.25, 0.3) is 10.6 Å². The first-order chi connectivity index (χ1) is 11.2. The Morgan fingerprint density at radius 3 is 3.04 bits per heavy atom. The second-order valence-corrected chi connectivity index (χ2v) is 6.74. The zero-order valence-electron chi connectivity index (χ0n) is 12.7. The number of hydrogen-bond donors (Lipinski definition) is 0. The zero-order chi connectivity index (χ0) is 16.1. The van der Waals surface area contributed by atoms with Gasteiger partial charge in [-0.15, -0.1) is 11.3 Å². The van der Waals surface area contributed by atoms with E-state index in [0.29, 0.717) is 17.3 Å². The third-order valence-electron chi connectivity index (χ3n) is 3.69. The number of esters is 1. The first-order valence-electron chi connectivity index (χ1n) is 7.69. The Kier molecular flexibility index (Phi) is 5.65. The molecule has 2 aromatic rings. The summed E-state index contributed by atoms with van der Waals surface area (Å²) in [5.41, 5.74) is 1.59. The van der Waals surface area contributed by atoms with Gasteiger partial charge in [-0.05, 0) is 25.3 Å². The van der Waals surface area contributed by atoms with Gasteiger partial charge in [0.1, 0.15) is 11.6 Å². The Hall–Kier alpha value is -1.43. The number of carbonyl (C=O) groups is 1. The number of thiazole rings is 1. The minimum absolute atomic E-state index is 0.0434. The van der Waals surface area contributed by atoms with Gasteiger partial charge in [-0.25, -0.2) is 4.98 Å². The summed E-state index contributed by atoms with van der Waals surface area (Å²) in [6.45, 7) is 1.09. The van der Waals surface area contributed by atoms with Gasteiger partial charge in [0.05, 0.1) is 23.2 Å². The van der Waals surface area contributed by atoms with Gasteiger partial charge in [-0.3, -0.25) is 4.79 Å². The molecular weight excluding hydrogens is 334 g/mol. The molecule has 122 valence electrons.